The minimum absolute atomic E-state index is 0.261. The van der Waals surface area contributed by atoms with Gasteiger partial charge < -0.3 is 5.32 Å². The summed E-state index contributed by atoms with van der Waals surface area (Å²) < 4.78 is 39.4. The molecular formula is C13H20FN3O2S. The van der Waals surface area contributed by atoms with E-state index in [0.29, 0.717) is 13.1 Å². The Morgan fingerprint density at radius 1 is 1.30 bits per heavy atom. The molecule has 112 valence electrons. The van der Waals surface area contributed by atoms with E-state index in [-0.39, 0.29) is 4.90 Å². The third-order valence-electron chi connectivity index (χ3n) is 3.47. The van der Waals surface area contributed by atoms with Crippen LogP contribution >= 0.6 is 0 Å². The Morgan fingerprint density at radius 3 is 2.60 bits per heavy atom. The number of likely N-dealkylation sites (N-methyl/N-ethyl adjacent to an activating group) is 1. The minimum Gasteiger partial charge on any atom is -0.314 e. The van der Waals surface area contributed by atoms with E-state index in [1.165, 1.54) is 29.6 Å². The molecule has 0 aliphatic carbocycles. The van der Waals surface area contributed by atoms with Gasteiger partial charge in [-0.3, -0.25) is 4.90 Å². The van der Waals surface area contributed by atoms with Crippen LogP contribution in [0.4, 0.5) is 4.39 Å². The lowest BCUT2D eigenvalue weighted by atomic mass is 10.3. The van der Waals surface area contributed by atoms with Crippen molar-refractivity contribution in [2.45, 2.75) is 4.90 Å². The Morgan fingerprint density at radius 2 is 1.95 bits per heavy atom. The third kappa shape index (κ3) is 3.54. The molecular weight excluding hydrogens is 281 g/mol. The summed E-state index contributed by atoms with van der Waals surface area (Å²) >= 11 is 0. The van der Waals surface area contributed by atoms with Gasteiger partial charge in [0.2, 0.25) is 10.0 Å². The van der Waals surface area contributed by atoms with Gasteiger partial charge in [-0.1, -0.05) is 12.1 Å². The molecule has 7 heteroatoms. The summed E-state index contributed by atoms with van der Waals surface area (Å²) in [6.45, 7) is 4.68. The Bertz CT molecular complexity index is 544. The molecule has 0 radical (unpaired) electrons. The van der Waals surface area contributed by atoms with Gasteiger partial charge in [-0.15, -0.1) is 0 Å². The van der Waals surface area contributed by atoms with Gasteiger partial charge in [0.15, 0.2) is 0 Å². The second-order valence-electron chi connectivity index (χ2n) is 4.85. The lowest BCUT2D eigenvalue weighted by Crippen LogP contribution is -2.46. The van der Waals surface area contributed by atoms with Crippen molar-refractivity contribution < 1.29 is 12.8 Å². The number of hydrogen-bond acceptors (Lipinski definition) is 4. The molecule has 2 rings (SSSR count). The number of benzene rings is 1. The van der Waals surface area contributed by atoms with Crippen molar-refractivity contribution in [2.24, 2.45) is 0 Å². The SMILES string of the molecule is CN(CCN1CCNCC1)S(=O)(=O)c1ccccc1F. The van der Waals surface area contributed by atoms with E-state index in [1.807, 2.05) is 0 Å². The van der Waals surface area contributed by atoms with Crippen molar-refractivity contribution in [3.05, 3.63) is 30.1 Å². The second-order valence-corrected chi connectivity index (χ2v) is 6.86. The van der Waals surface area contributed by atoms with Crippen LogP contribution in [-0.2, 0) is 10.0 Å². The summed E-state index contributed by atoms with van der Waals surface area (Å²) in [7, 11) is -2.26. The smallest absolute Gasteiger partial charge is 0.245 e. The molecule has 1 N–H and O–H groups in total. The van der Waals surface area contributed by atoms with E-state index >= 15 is 0 Å². The first-order valence-corrected chi connectivity index (χ1v) is 8.10. The van der Waals surface area contributed by atoms with Crippen LogP contribution in [0.15, 0.2) is 29.2 Å². The lowest BCUT2D eigenvalue weighted by Gasteiger charge is -2.28. The average Bonchev–Trinajstić information content (AvgIpc) is 2.46. The van der Waals surface area contributed by atoms with E-state index in [1.54, 1.807) is 0 Å². The monoisotopic (exact) mass is 301 g/mol. The Kier molecular flexibility index (Phi) is 5.09. The topological polar surface area (TPSA) is 52.6 Å². The summed E-state index contributed by atoms with van der Waals surface area (Å²) in [4.78, 5) is 1.94. The number of nitrogens with one attached hydrogen (secondary N) is 1. The van der Waals surface area contributed by atoms with Gasteiger partial charge in [-0.05, 0) is 12.1 Å². The molecule has 1 aromatic carbocycles. The first kappa shape index (κ1) is 15.4. The molecule has 20 heavy (non-hydrogen) atoms. The molecule has 0 saturated carbocycles. The molecule has 1 aromatic rings. The van der Waals surface area contributed by atoms with Gasteiger partial charge in [-0.2, -0.15) is 4.31 Å². The zero-order valence-corrected chi connectivity index (χ0v) is 12.4. The Hall–Kier alpha value is -1.02. The highest BCUT2D eigenvalue weighted by molar-refractivity contribution is 7.89. The maximum Gasteiger partial charge on any atom is 0.245 e. The van der Waals surface area contributed by atoms with Crippen molar-refractivity contribution >= 4 is 10.0 Å². The van der Waals surface area contributed by atoms with Gasteiger partial charge in [0.05, 0.1) is 0 Å². The molecule has 0 unspecified atom stereocenters. The van der Waals surface area contributed by atoms with Crippen LogP contribution in [0.25, 0.3) is 0 Å². The number of nitrogens with zero attached hydrogens (tertiary/aromatic N) is 2. The van der Waals surface area contributed by atoms with Crippen molar-refractivity contribution in [1.82, 2.24) is 14.5 Å². The highest BCUT2D eigenvalue weighted by Crippen LogP contribution is 2.17. The van der Waals surface area contributed by atoms with Crippen LogP contribution in [0, 0.1) is 5.82 Å². The molecule has 1 heterocycles. The summed E-state index contributed by atoms with van der Waals surface area (Å²) in [5.41, 5.74) is 0. The van der Waals surface area contributed by atoms with E-state index in [9.17, 15) is 12.8 Å². The molecule has 0 atom stereocenters. The molecule has 1 fully saturated rings. The van der Waals surface area contributed by atoms with Crippen molar-refractivity contribution in [1.29, 1.82) is 0 Å². The van der Waals surface area contributed by atoms with Crippen LogP contribution in [0.3, 0.4) is 0 Å². The van der Waals surface area contributed by atoms with Gasteiger partial charge in [-0.25, -0.2) is 12.8 Å². The molecule has 5 nitrogen and oxygen atoms in total. The standard InChI is InChI=1S/C13H20FN3O2S/c1-16(10-11-17-8-6-15-7-9-17)20(18,19)13-5-3-2-4-12(13)14/h2-5,15H,6-11H2,1H3. The fourth-order valence-electron chi connectivity index (χ4n) is 2.16. The van der Waals surface area contributed by atoms with Crippen LogP contribution in [0.2, 0.25) is 0 Å². The fourth-order valence-corrected chi connectivity index (χ4v) is 3.38. The van der Waals surface area contributed by atoms with Crippen LogP contribution < -0.4 is 5.32 Å². The number of rotatable bonds is 5. The fraction of sp³-hybridized carbons (Fsp3) is 0.538. The number of sulfonamides is 1. The summed E-state index contributed by atoms with van der Waals surface area (Å²) in [5, 5.41) is 3.24. The second kappa shape index (κ2) is 6.62. The summed E-state index contributed by atoms with van der Waals surface area (Å²) in [6, 6.07) is 5.47. The maximum absolute atomic E-state index is 13.6. The molecule has 1 saturated heterocycles. The Balaban J connectivity index is 2.00. The lowest BCUT2D eigenvalue weighted by molar-refractivity contribution is 0.229. The molecule has 0 amide bonds. The maximum atomic E-state index is 13.6. The van der Waals surface area contributed by atoms with Crippen LogP contribution in [0.1, 0.15) is 0 Å². The molecule has 1 aliphatic heterocycles. The van der Waals surface area contributed by atoms with E-state index in [0.717, 1.165) is 32.2 Å². The third-order valence-corrected chi connectivity index (χ3v) is 5.36. The van der Waals surface area contributed by atoms with E-state index in [4.69, 9.17) is 0 Å². The normalized spacial score (nSPS) is 17.6. The van der Waals surface area contributed by atoms with Gasteiger partial charge >= 0.3 is 0 Å². The number of piperazine rings is 1. The largest absolute Gasteiger partial charge is 0.314 e. The van der Waals surface area contributed by atoms with Crippen molar-refractivity contribution in [3.63, 3.8) is 0 Å². The van der Waals surface area contributed by atoms with E-state index in [2.05, 4.69) is 10.2 Å². The first-order valence-electron chi connectivity index (χ1n) is 6.66. The first-order chi connectivity index (χ1) is 9.51. The zero-order chi connectivity index (χ0) is 14.6. The zero-order valence-electron chi connectivity index (χ0n) is 11.5. The predicted molar refractivity (Wildman–Crippen MR) is 75.5 cm³/mol. The number of halogens is 1. The summed E-state index contributed by atoms with van der Waals surface area (Å²) in [6.07, 6.45) is 0. The highest BCUT2D eigenvalue weighted by atomic mass is 32.2. The molecule has 0 aromatic heterocycles. The van der Waals surface area contributed by atoms with Gasteiger partial charge in [0, 0.05) is 46.3 Å². The highest BCUT2D eigenvalue weighted by Gasteiger charge is 2.24. The van der Waals surface area contributed by atoms with Gasteiger partial charge in [0.1, 0.15) is 10.7 Å². The van der Waals surface area contributed by atoms with Crippen LogP contribution in [-0.4, -0.2) is 63.9 Å². The Labute approximate surface area is 119 Å². The van der Waals surface area contributed by atoms with Crippen LogP contribution in [0.5, 0.6) is 0 Å². The molecule has 0 bridgehead atoms. The van der Waals surface area contributed by atoms with Gasteiger partial charge in [0.25, 0.3) is 0 Å². The van der Waals surface area contributed by atoms with E-state index < -0.39 is 15.8 Å². The predicted octanol–water partition coefficient (Wildman–Crippen LogP) is 0.351. The van der Waals surface area contributed by atoms with Crippen molar-refractivity contribution in [3.8, 4) is 0 Å². The number of hydrogen-bond donors (Lipinski definition) is 1. The molecule has 0 spiro atoms. The summed E-state index contributed by atoms with van der Waals surface area (Å²) in [5.74, 6) is -0.707. The average molecular weight is 301 g/mol. The quantitative estimate of drug-likeness (QED) is 0.853. The van der Waals surface area contributed by atoms with Crippen molar-refractivity contribution in [2.75, 3.05) is 46.3 Å². The molecule has 1 aliphatic rings. The minimum atomic E-state index is -3.75.